The molecule has 0 aliphatic heterocycles. The zero-order chi connectivity index (χ0) is 9.90. The first-order chi connectivity index (χ1) is 6.03. The lowest BCUT2D eigenvalue weighted by Gasteiger charge is -2.20. The van der Waals surface area contributed by atoms with E-state index >= 15 is 0 Å². The summed E-state index contributed by atoms with van der Waals surface area (Å²) in [7, 11) is 0. The molecule has 0 fully saturated rings. The minimum Gasteiger partial charge on any atom is -0.470 e. The average Bonchev–Trinajstić information content (AvgIpc) is 2.02. The predicted molar refractivity (Wildman–Crippen MR) is 47.1 cm³/mol. The van der Waals surface area contributed by atoms with Crippen molar-refractivity contribution >= 4 is 0 Å². The maximum Gasteiger partial charge on any atom is 0.252 e. The van der Waals surface area contributed by atoms with Crippen LogP contribution in [0.15, 0.2) is 12.3 Å². The van der Waals surface area contributed by atoms with Crippen molar-refractivity contribution in [2.24, 2.45) is 0 Å². The Morgan fingerprint density at radius 1 is 1.46 bits per heavy atom. The van der Waals surface area contributed by atoms with Gasteiger partial charge in [-0.15, -0.1) is 5.10 Å². The lowest BCUT2D eigenvalue weighted by Crippen LogP contribution is -2.24. The topological polar surface area (TPSA) is 58.8 Å². The second kappa shape index (κ2) is 3.40. The van der Waals surface area contributed by atoms with Gasteiger partial charge in [0.05, 0.1) is 6.20 Å². The maximum atomic E-state index is 8.72. The Balaban J connectivity index is 2.96. The van der Waals surface area contributed by atoms with Crippen LogP contribution in [0.25, 0.3) is 0 Å². The van der Waals surface area contributed by atoms with Crippen LogP contribution in [-0.4, -0.2) is 15.8 Å². The van der Waals surface area contributed by atoms with E-state index in [9.17, 15) is 0 Å². The van der Waals surface area contributed by atoms with Crippen LogP contribution < -0.4 is 4.74 Å². The predicted octanol–water partition coefficient (Wildman–Crippen LogP) is 1.53. The standard InChI is InChI=1S/C9H11N3O/c1-9(2,3)13-8-7(6-10)4-5-11-12-8/h4-5H,1-3H3. The monoisotopic (exact) mass is 177 g/mol. The van der Waals surface area contributed by atoms with Crippen molar-refractivity contribution in [1.82, 2.24) is 10.2 Å². The van der Waals surface area contributed by atoms with Gasteiger partial charge in [-0.1, -0.05) is 0 Å². The van der Waals surface area contributed by atoms with E-state index < -0.39 is 0 Å². The Labute approximate surface area is 77.2 Å². The first kappa shape index (κ1) is 9.46. The highest BCUT2D eigenvalue weighted by molar-refractivity contribution is 5.35. The highest BCUT2D eigenvalue weighted by Gasteiger charge is 2.15. The maximum absolute atomic E-state index is 8.72. The second-order valence-corrected chi connectivity index (χ2v) is 3.58. The van der Waals surface area contributed by atoms with E-state index in [0.717, 1.165) is 0 Å². The molecule has 13 heavy (non-hydrogen) atoms. The summed E-state index contributed by atoms with van der Waals surface area (Å²) in [6.45, 7) is 5.68. The SMILES string of the molecule is CC(C)(C)Oc1nnccc1C#N. The van der Waals surface area contributed by atoms with Crippen LogP contribution in [0.1, 0.15) is 26.3 Å². The summed E-state index contributed by atoms with van der Waals surface area (Å²) in [5, 5.41) is 16.1. The lowest BCUT2D eigenvalue weighted by molar-refractivity contribution is 0.122. The summed E-state index contributed by atoms with van der Waals surface area (Å²) < 4.78 is 5.43. The molecule has 4 heteroatoms. The van der Waals surface area contributed by atoms with Gasteiger partial charge in [0.25, 0.3) is 5.88 Å². The highest BCUT2D eigenvalue weighted by Crippen LogP contribution is 2.17. The zero-order valence-corrected chi connectivity index (χ0v) is 7.90. The van der Waals surface area contributed by atoms with Gasteiger partial charge in [0.2, 0.25) is 0 Å². The number of hydrogen-bond acceptors (Lipinski definition) is 4. The molecule has 0 atom stereocenters. The summed E-state index contributed by atoms with van der Waals surface area (Å²) in [6.07, 6.45) is 1.47. The quantitative estimate of drug-likeness (QED) is 0.652. The van der Waals surface area contributed by atoms with E-state index in [-0.39, 0.29) is 11.5 Å². The fourth-order valence-corrected chi connectivity index (χ4v) is 0.769. The van der Waals surface area contributed by atoms with Gasteiger partial charge in [0.15, 0.2) is 0 Å². The Morgan fingerprint density at radius 2 is 2.15 bits per heavy atom. The second-order valence-electron chi connectivity index (χ2n) is 3.58. The molecule has 0 radical (unpaired) electrons. The number of ether oxygens (including phenoxy) is 1. The molecule has 1 heterocycles. The van der Waals surface area contributed by atoms with Crippen molar-refractivity contribution in [3.63, 3.8) is 0 Å². The third-order valence-corrected chi connectivity index (χ3v) is 1.21. The molecule has 1 aromatic heterocycles. The Hall–Kier alpha value is -1.63. The van der Waals surface area contributed by atoms with Crippen LogP contribution in [-0.2, 0) is 0 Å². The summed E-state index contributed by atoms with van der Waals surface area (Å²) in [4.78, 5) is 0. The number of rotatable bonds is 1. The number of nitrogens with zero attached hydrogens (tertiary/aromatic N) is 3. The molecule has 0 saturated carbocycles. The average molecular weight is 177 g/mol. The molecule has 0 aromatic carbocycles. The molecule has 0 aliphatic carbocycles. The Bertz CT molecular complexity index is 335. The molecule has 1 rings (SSSR count). The number of hydrogen-bond donors (Lipinski definition) is 0. The third-order valence-electron chi connectivity index (χ3n) is 1.21. The normalized spacial score (nSPS) is 10.6. The molecule has 0 amide bonds. The molecular weight excluding hydrogens is 166 g/mol. The van der Waals surface area contributed by atoms with Crippen LogP contribution in [0.5, 0.6) is 5.88 Å². The van der Waals surface area contributed by atoms with Crippen molar-refractivity contribution in [2.45, 2.75) is 26.4 Å². The van der Waals surface area contributed by atoms with E-state index in [0.29, 0.717) is 5.56 Å². The molecule has 0 spiro atoms. The third kappa shape index (κ3) is 2.71. The van der Waals surface area contributed by atoms with Gasteiger partial charge in [-0.25, -0.2) is 0 Å². The highest BCUT2D eigenvalue weighted by atomic mass is 16.5. The molecule has 0 saturated heterocycles. The van der Waals surface area contributed by atoms with Crippen molar-refractivity contribution in [2.75, 3.05) is 0 Å². The van der Waals surface area contributed by atoms with E-state index in [4.69, 9.17) is 10.00 Å². The van der Waals surface area contributed by atoms with Gasteiger partial charge in [-0.3, -0.25) is 0 Å². The van der Waals surface area contributed by atoms with Crippen molar-refractivity contribution < 1.29 is 4.74 Å². The van der Waals surface area contributed by atoms with E-state index in [1.54, 1.807) is 6.07 Å². The van der Waals surface area contributed by atoms with Crippen LogP contribution in [0.3, 0.4) is 0 Å². The molecule has 1 aromatic rings. The minimum absolute atomic E-state index is 0.289. The molecular formula is C9H11N3O. The largest absolute Gasteiger partial charge is 0.470 e. The van der Waals surface area contributed by atoms with E-state index in [1.807, 2.05) is 26.8 Å². The van der Waals surface area contributed by atoms with E-state index in [1.165, 1.54) is 6.20 Å². The van der Waals surface area contributed by atoms with Crippen LogP contribution >= 0.6 is 0 Å². The van der Waals surface area contributed by atoms with Crippen molar-refractivity contribution in [3.8, 4) is 11.9 Å². The smallest absolute Gasteiger partial charge is 0.252 e. The first-order valence-corrected chi connectivity index (χ1v) is 3.94. The number of nitriles is 1. The fourth-order valence-electron chi connectivity index (χ4n) is 0.769. The van der Waals surface area contributed by atoms with Gasteiger partial charge in [-0.2, -0.15) is 10.4 Å². The van der Waals surface area contributed by atoms with Crippen LogP contribution in [0, 0.1) is 11.3 Å². The van der Waals surface area contributed by atoms with Crippen molar-refractivity contribution in [1.29, 1.82) is 5.26 Å². The molecule has 0 aliphatic rings. The van der Waals surface area contributed by atoms with Crippen molar-refractivity contribution in [3.05, 3.63) is 17.8 Å². The number of aromatic nitrogens is 2. The Kier molecular flexibility index (Phi) is 2.47. The fraction of sp³-hybridized carbons (Fsp3) is 0.444. The first-order valence-electron chi connectivity index (χ1n) is 3.94. The van der Waals surface area contributed by atoms with Crippen LogP contribution in [0.2, 0.25) is 0 Å². The van der Waals surface area contributed by atoms with E-state index in [2.05, 4.69) is 10.2 Å². The zero-order valence-electron chi connectivity index (χ0n) is 7.90. The summed E-state index contributed by atoms with van der Waals surface area (Å²) in [5.74, 6) is 0.289. The minimum atomic E-state index is -0.359. The van der Waals surface area contributed by atoms with Gasteiger partial charge >= 0.3 is 0 Å². The van der Waals surface area contributed by atoms with Crippen LogP contribution in [0.4, 0.5) is 0 Å². The molecule has 4 nitrogen and oxygen atoms in total. The summed E-state index contributed by atoms with van der Waals surface area (Å²) >= 11 is 0. The summed E-state index contributed by atoms with van der Waals surface area (Å²) in [6, 6.07) is 3.57. The molecule has 68 valence electrons. The Morgan fingerprint density at radius 3 is 2.69 bits per heavy atom. The lowest BCUT2D eigenvalue weighted by atomic mass is 10.2. The van der Waals surface area contributed by atoms with Gasteiger partial charge in [-0.05, 0) is 26.8 Å². The summed E-state index contributed by atoms with van der Waals surface area (Å²) in [5.41, 5.74) is 0.0478. The van der Waals surface area contributed by atoms with Gasteiger partial charge in [0, 0.05) is 0 Å². The van der Waals surface area contributed by atoms with Gasteiger partial charge in [0.1, 0.15) is 17.2 Å². The van der Waals surface area contributed by atoms with Gasteiger partial charge < -0.3 is 4.74 Å². The molecule has 0 bridgehead atoms. The molecule has 0 N–H and O–H groups in total. The molecule has 0 unspecified atom stereocenters.